The number of nitrogens with zero attached hydrogens (tertiary/aromatic N) is 1. The summed E-state index contributed by atoms with van der Waals surface area (Å²) in [5.74, 6) is 0.320. The molecule has 0 saturated carbocycles. The van der Waals surface area contributed by atoms with Crippen molar-refractivity contribution >= 4 is 35.6 Å². The fraction of sp³-hybridized carbons (Fsp3) is 0.462. The molecule has 4 N–H and O–H groups in total. The number of nitrogens with two attached hydrogens (primary N) is 1. The van der Waals surface area contributed by atoms with Gasteiger partial charge >= 0.3 is 0 Å². The summed E-state index contributed by atoms with van der Waals surface area (Å²) in [6.07, 6.45) is 1.21. The predicted octanol–water partition coefficient (Wildman–Crippen LogP) is 1.57. The SMILES string of the molecule is I.NC(=NCC1(O)CCOCC1)Nc1ccccc1. The quantitative estimate of drug-likeness (QED) is 0.425. The van der Waals surface area contributed by atoms with Crippen LogP contribution in [0.15, 0.2) is 35.3 Å². The maximum Gasteiger partial charge on any atom is 0.193 e. The molecule has 19 heavy (non-hydrogen) atoms. The highest BCUT2D eigenvalue weighted by Crippen LogP contribution is 2.20. The number of benzene rings is 1. The first-order valence-corrected chi connectivity index (χ1v) is 6.10. The van der Waals surface area contributed by atoms with Crippen molar-refractivity contribution in [2.45, 2.75) is 18.4 Å². The van der Waals surface area contributed by atoms with Crippen molar-refractivity contribution < 1.29 is 9.84 Å². The van der Waals surface area contributed by atoms with Gasteiger partial charge in [-0.3, -0.25) is 4.99 Å². The maximum absolute atomic E-state index is 10.2. The molecule has 106 valence electrons. The first-order valence-electron chi connectivity index (χ1n) is 6.10. The summed E-state index contributed by atoms with van der Waals surface area (Å²) >= 11 is 0. The van der Waals surface area contributed by atoms with Gasteiger partial charge in [0.15, 0.2) is 5.96 Å². The van der Waals surface area contributed by atoms with E-state index in [-0.39, 0.29) is 24.0 Å². The van der Waals surface area contributed by atoms with Crippen molar-refractivity contribution in [1.29, 1.82) is 0 Å². The minimum atomic E-state index is -0.777. The zero-order valence-corrected chi connectivity index (χ0v) is 13.0. The molecule has 1 aromatic carbocycles. The fourth-order valence-corrected chi connectivity index (χ4v) is 1.85. The van der Waals surface area contributed by atoms with Crippen molar-refractivity contribution in [1.82, 2.24) is 0 Å². The van der Waals surface area contributed by atoms with Gasteiger partial charge in [0.1, 0.15) is 0 Å². The molecule has 0 spiro atoms. The predicted molar refractivity (Wildman–Crippen MR) is 87.0 cm³/mol. The maximum atomic E-state index is 10.2. The number of nitrogens with one attached hydrogen (secondary N) is 1. The molecule has 0 radical (unpaired) electrons. The molecule has 0 aromatic heterocycles. The minimum Gasteiger partial charge on any atom is -0.388 e. The second-order valence-electron chi connectivity index (χ2n) is 4.53. The normalized spacial score (nSPS) is 18.5. The molecule has 6 heteroatoms. The van der Waals surface area contributed by atoms with Crippen LogP contribution in [0.25, 0.3) is 0 Å². The highest BCUT2D eigenvalue weighted by atomic mass is 127. The van der Waals surface area contributed by atoms with E-state index in [2.05, 4.69) is 10.3 Å². The molecule has 1 heterocycles. The van der Waals surface area contributed by atoms with E-state index in [1.54, 1.807) is 0 Å². The number of ether oxygens (including phenoxy) is 1. The molecule has 1 aliphatic heterocycles. The largest absolute Gasteiger partial charge is 0.388 e. The van der Waals surface area contributed by atoms with Crippen LogP contribution >= 0.6 is 24.0 Å². The van der Waals surface area contributed by atoms with Crippen LogP contribution in [0.4, 0.5) is 5.69 Å². The van der Waals surface area contributed by atoms with E-state index in [4.69, 9.17) is 10.5 Å². The van der Waals surface area contributed by atoms with E-state index in [1.807, 2.05) is 30.3 Å². The molecule has 1 aromatic rings. The van der Waals surface area contributed by atoms with Crippen LogP contribution < -0.4 is 11.1 Å². The third-order valence-corrected chi connectivity index (χ3v) is 3.01. The molecule has 0 unspecified atom stereocenters. The van der Waals surface area contributed by atoms with Gasteiger partial charge in [-0.15, -0.1) is 24.0 Å². The van der Waals surface area contributed by atoms with Gasteiger partial charge in [-0.05, 0) is 12.1 Å². The van der Waals surface area contributed by atoms with Gasteiger partial charge in [-0.1, -0.05) is 18.2 Å². The molecular weight excluding hydrogens is 357 g/mol. The Kier molecular flexibility index (Phi) is 6.53. The average Bonchev–Trinajstić information content (AvgIpc) is 2.39. The van der Waals surface area contributed by atoms with Crippen LogP contribution in [0.3, 0.4) is 0 Å². The number of hydrogen-bond donors (Lipinski definition) is 3. The van der Waals surface area contributed by atoms with Crippen LogP contribution in [0.2, 0.25) is 0 Å². The Bertz CT molecular complexity index is 406. The second kappa shape index (κ2) is 7.66. The molecule has 5 nitrogen and oxygen atoms in total. The number of aliphatic hydroxyl groups is 1. The highest BCUT2D eigenvalue weighted by molar-refractivity contribution is 14.0. The summed E-state index contributed by atoms with van der Waals surface area (Å²) in [6.45, 7) is 1.47. The Morgan fingerprint density at radius 2 is 1.95 bits per heavy atom. The lowest BCUT2D eigenvalue weighted by Crippen LogP contribution is -2.40. The summed E-state index contributed by atoms with van der Waals surface area (Å²) in [5, 5.41) is 13.2. The molecule has 2 rings (SSSR count). The van der Waals surface area contributed by atoms with Crippen molar-refractivity contribution in [3.05, 3.63) is 30.3 Å². The highest BCUT2D eigenvalue weighted by Gasteiger charge is 2.29. The van der Waals surface area contributed by atoms with Crippen LogP contribution in [0, 0.1) is 0 Å². The number of para-hydroxylation sites is 1. The smallest absolute Gasteiger partial charge is 0.193 e. The summed E-state index contributed by atoms with van der Waals surface area (Å²) in [7, 11) is 0. The van der Waals surface area contributed by atoms with E-state index in [0.29, 0.717) is 38.6 Å². The van der Waals surface area contributed by atoms with Gasteiger partial charge in [0, 0.05) is 31.7 Å². The van der Waals surface area contributed by atoms with Gasteiger partial charge < -0.3 is 20.9 Å². The molecule has 1 aliphatic rings. The van der Waals surface area contributed by atoms with Crippen LogP contribution in [0.5, 0.6) is 0 Å². The van der Waals surface area contributed by atoms with E-state index >= 15 is 0 Å². The van der Waals surface area contributed by atoms with Crippen molar-refractivity contribution in [3.8, 4) is 0 Å². The van der Waals surface area contributed by atoms with Crippen LogP contribution in [0.1, 0.15) is 12.8 Å². The summed E-state index contributed by atoms with van der Waals surface area (Å²) in [6, 6.07) is 9.59. The Balaban J connectivity index is 0.00000180. The third kappa shape index (κ3) is 5.33. The average molecular weight is 377 g/mol. The Morgan fingerprint density at radius 3 is 2.58 bits per heavy atom. The van der Waals surface area contributed by atoms with Gasteiger partial charge in [-0.25, -0.2) is 0 Å². The van der Waals surface area contributed by atoms with E-state index in [0.717, 1.165) is 5.69 Å². The number of rotatable bonds is 3. The van der Waals surface area contributed by atoms with E-state index in [9.17, 15) is 5.11 Å². The van der Waals surface area contributed by atoms with Gasteiger partial charge in [0.2, 0.25) is 0 Å². The monoisotopic (exact) mass is 377 g/mol. The lowest BCUT2D eigenvalue weighted by atomic mass is 9.95. The summed E-state index contributed by atoms with van der Waals surface area (Å²) < 4.78 is 5.21. The topological polar surface area (TPSA) is 79.9 Å². The lowest BCUT2D eigenvalue weighted by Gasteiger charge is -2.30. The van der Waals surface area contributed by atoms with E-state index < -0.39 is 5.60 Å². The third-order valence-electron chi connectivity index (χ3n) is 3.01. The Labute approximate surface area is 130 Å². The number of guanidine groups is 1. The molecule has 0 atom stereocenters. The van der Waals surface area contributed by atoms with Gasteiger partial charge in [0.05, 0.1) is 12.1 Å². The van der Waals surface area contributed by atoms with Crippen LogP contribution in [-0.4, -0.2) is 36.4 Å². The summed E-state index contributed by atoms with van der Waals surface area (Å²) in [4.78, 5) is 4.19. The number of halogens is 1. The standard InChI is InChI=1S/C13H19N3O2.HI/c14-12(16-11-4-2-1-3-5-11)15-10-13(17)6-8-18-9-7-13;/h1-5,17H,6-10H2,(H3,14,15,16);1H. The molecule has 1 fully saturated rings. The number of aliphatic imine (C=N–C) groups is 1. The summed E-state index contributed by atoms with van der Waals surface area (Å²) in [5.41, 5.74) is 5.89. The second-order valence-corrected chi connectivity index (χ2v) is 4.53. The zero-order valence-electron chi connectivity index (χ0n) is 10.7. The van der Waals surface area contributed by atoms with Crippen molar-refractivity contribution in [2.24, 2.45) is 10.7 Å². The van der Waals surface area contributed by atoms with Crippen molar-refractivity contribution in [2.75, 3.05) is 25.1 Å². The fourth-order valence-electron chi connectivity index (χ4n) is 1.85. The molecule has 0 bridgehead atoms. The lowest BCUT2D eigenvalue weighted by molar-refractivity contribution is -0.0565. The number of hydrogen-bond acceptors (Lipinski definition) is 3. The first kappa shape index (κ1) is 16.2. The van der Waals surface area contributed by atoms with Crippen molar-refractivity contribution in [3.63, 3.8) is 0 Å². The van der Waals surface area contributed by atoms with Gasteiger partial charge in [-0.2, -0.15) is 0 Å². The number of anilines is 1. The van der Waals surface area contributed by atoms with E-state index in [1.165, 1.54) is 0 Å². The molecule has 0 aliphatic carbocycles. The van der Waals surface area contributed by atoms with Gasteiger partial charge in [0.25, 0.3) is 0 Å². The van der Waals surface area contributed by atoms with Crippen LogP contribution in [-0.2, 0) is 4.74 Å². The Hall–Kier alpha value is -0.860. The minimum absolute atomic E-state index is 0. The molecule has 1 saturated heterocycles. The molecular formula is C13H20IN3O2. The Morgan fingerprint density at radius 1 is 1.32 bits per heavy atom. The zero-order chi connectivity index (χ0) is 12.8. The first-order chi connectivity index (χ1) is 8.68. The molecule has 0 amide bonds.